The molecule has 1 aliphatic rings. The Bertz CT molecular complexity index is 885. The minimum absolute atomic E-state index is 0.0636. The topological polar surface area (TPSA) is 88.9 Å². The van der Waals surface area contributed by atoms with Crippen molar-refractivity contribution in [3.63, 3.8) is 0 Å². The third kappa shape index (κ3) is 5.41. The fourth-order valence-corrected chi connectivity index (χ4v) is 4.90. The summed E-state index contributed by atoms with van der Waals surface area (Å²) in [6.07, 6.45) is 5.98. The number of benzene rings is 1. The van der Waals surface area contributed by atoms with Gasteiger partial charge in [0.15, 0.2) is 5.16 Å². The van der Waals surface area contributed by atoms with Crippen LogP contribution in [0.2, 0.25) is 0 Å². The number of hydrogen-bond donors (Lipinski definition) is 2. The number of carbonyl (C=O) groups is 2. The first-order valence-electron chi connectivity index (χ1n) is 10.6. The van der Waals surface area contributed by atoms with Gasteiger partial charge in [0.25, 0.3) is 0 Å². The molecular formula is C22H31N5O2S. The molecule has 30 heavy (non-hydrogen) atoms. The van der Waals surface area contributed by atoms with Gasteiger partial charge in [-0.3, -0.25) is 9.59 Å². The number of anilines is 1. The molecule has 1 atom stereocenters. The summed E-state index contributed by atoms with van der Waals surface area (Å²) in [7, 11) is 0. The second-order valence-electron chi connectivity index (χ2n) is 7.98. The molecule has 0 aliphatic heterocycles. The Hall–Kier alpha value is -2.35. The van der Waals surface area contributed by atoms with E-state index in [1.54, 1.807) is 0 Å². The van der Waals surface area contributed by atoms with Crippen LogP contribution < -0.4 is 10.6 Å². The summed E-state index contributed by atoms with van der Waals surface area (Å²) in [5.41, 5.74) is 2.79. The summed E-state index contributed by atoms with van der Waals surface area (Å²) in [5, 5.41) is 14.6. The molecule has 1 unspecified atom stereocenters. The van der Waals surface area contributed by atoms with Crippen LogP contribution in [0.25, 0.3) is 0 Å². The normalized spacial score (nSPS) is 15.6. The van der Waals surface area contributed by atoms with E-state index < -0.39 is 0 Å². The third-order valence-electron chi connectivity index (χ3n) is 5.59. The lowest BCUT2D eigenvalue weighted by Gasteiger charge is -2.25. The van der Waals surface area contributed by atoms with E-state index in [1.807, 2.05) is 45.9 Å². The van der Waals surface area contributed by atoms with Crippen molar-refractivity contribution in [2.75, 3.05) is 11.9 Å². The molecule has 2 N–H and O–H groups in total. The molecule has 0 saturated heterocycles. The molecule has 1 heterocycles. The van der Waals surface area contributed by atoms with Gasteiger partial charge >= 0.3 is 0 Å². The molecule has 1 aliphatic carbocycles. The van der Waals surface area contributed by atoms with E-state index in [9.17, 15) is 9.59 Å². The quantitative estimate of drug-likeness (QED) is 0.651. The Morgan fingerprint density at radius 1 is 1.13 bits per heavy atom. The van der Waals surface area contributed by atoms with E-state index in [0.717, 1.165) is 40.6 Å². The van der Waals surface area contributed by atoms with E-state index >= 15 is 0 Å². The number of hydrogen-bond acceptors (Lipinski definition) is 5. The summed E-state index contributed by atoms with van der Waals surface area (Å²) >= 11 is 1.40. The van der Waals surface area contributed by atoms with Crippen molar-refractivity contribution in [3.8, 4) is 0 Å². The van der Waals surface area contributed by atoms with E-state index in [4.69, 9.17) is 0 Å². The van der Waals surface area contributed by atoms with Crippen molar-refractivity contribution in [1.82, 2.24) is 20.1 Å². The second-order valence-corrected chi connectivity index (χ2v) is 9.29. The summed E-state index contributed by atoms with van der Waals surface area (Å²) in [6.45, 7) is 7.63. The van der Waals surface area contributed by atoms with Crippen molar-refractivity contribution in [1.29, 1.82) is 0 Å². The Labute approximate surface area is 182 Å². The summed E-state index contributed by atoms with van der Waals surface area (Å²) in [6, 6.07) is 6.26. The smallest absolute Gasteiger partial charge is 0.243 e. The van der Waals surface area contributed by atoms with Crippen LogP contribution in [0.3, 0.4) is 0 Å². The highest BCUT2D eigenvalue weighted by Gasteiger charge is 2.24. The largest absolute Gasteiger partial charge is 0.346 e. The van der Waals surface area contributed by atoms with Crippen LogP contribution >= 0.6 is 11.8 Å². The molecule has 7 nitrogen and oxygen atoms in total. The highest BCUT2D eigenvalue weighted by Crippen LogP contribution is 2.33. The van der Waals surface area contributed by atoms with Crippen molar-refractivity contribution < 1.29 is 9.59 Å². The number of amides is 2. The maximum atomic E-state index is 12.6. The molecule has 0 radical (unpaired) electrons. The monoisotopic (exact) mass is 429 g/mol. The average molecular weight is 430 g/mol. The molecule has 2 aromatic rings. The van der Waals surface area contributed by atoms with E-state index in [1.165, 1.54) is 31.0 Å². The molecule has 162 valence electrons. The zero-order valence-electron chi connectivity index (χ0n) is 18.2. The number of aromatic nitrogens is 3. The van der Waals surface area contributed by atoms with Gasteiger partial charge in [-0.2, -0.15) is 0 Å². The van der Waals surface area contributed by atoms with Crippen LogP contribution in [0, 0.1) is 20.8 Å². The van der Waals surface area contributed by atoms with Gasteiger partial charge in [-0.1, -0.05) is 49.2 Å². The molecule has 8 heteroatoms. The van der Waals surface area contributed by atoms with Gasteiger partial charge < -0.3 is 15.2 Å². The number of para-hydroxylation sites is 1. The first-order valence-corrected chi connectivity index (χ1v) is 11.5. The minimum atomic E-state index is -0.371. The van der Waals surface area contributed by atoms with Crippen molar-refractivity contribution in [2.45, 2.75) is 76.2 Å². The van der Waals surface area contributed by atoms with Crippen LogP contribution in [-0.4, -0.2) is 38.4 Å². The van der Waals surface area contributed by atoms with Gasteiger partial charge in [0, 0.05) is 11.7 Å². The molecule has 1 saturated carbocycles. The average Bonchev–Trinajstić information content (AvgIpc) is 3.09. The Morgan fingerprint density at radius 3 is 2.47 bits per heavy atom. The maximum Gasteiger partial charge on any atom is 0.243 e. The van der Waals surface area contributed by atoms with Gasteiger partial charge in [-0.25, -0.2) is 0 Å². The van der Waals surface area contributed by atoms with E-state index in [-0.39, 0.29) is 23.6 Å². The third-order valence-corrected chi connectivity index (χ3v) is 6.65. The van der Waals surface area contributed by atoms with Crippen LogP contribution in [0.4, 0.5) is 5.69 Å². The van der Waals surface area contributed by atoms with Crippen LogP contribution in [0.15, 0.2) is 23.4 Å². The standard InChI is InChI=1S/C22H31N5O2S/c1-14-9-8-10-15(2)20(14)24-19(28)13-23-21(29)16(3)30-22-26-25-17(4)27(22)18-11-6-5-7-12-18/h8-10,16,18H,5-7,11-13H2,1-4H3,(H,23,29)(H,24,28). The molecule has 1 fully saturated rings. The maximum absolute atomic E-state index is 12.6. The van der Waals surface area contributed by atoms with E-state index in [0.29, 0.717) is 6.04 Å². The van der Waals surface area contributed by atoms with Crippen molar-refractivity contribution in [2.24, 2.45) is 0 Å². The lowest BCUT2D eigenvalue weighted by molar-refractivity contribution is -0.123. The molecule has 0 spiro atoms. The number of thioether (sulfide) groups is 1. The fraction of sp³-hybridized carbons (Fsp3) is 0.545. The Kier molecular flexibility index (Phi) is 7.53. The second kappa shape index (κ2) is 10.1. The van der Waals surface area contributed by atoms with Crippen molar-refractivity contribution >= 4 is 29.3 Å². The molecule has 3 rings (SSSR count). The lowest BCUT2D eigenvalue weighted by Crippen LogP contribution is -2.37. The zero-order chi connectivity index (χ0) is 21.7. The van der Waals surface area contributed by atoms with Gasteiger partial charge in [0.2, 0.25) is 11.8 Å². The SMILES string of the molecule is Cc1cccc(C)c1NC(=O)CNC(=O)C(C)Sc1nnc(C)n1C1CCCCC1. The summed E-state index contributed by atoms with van der Waals surface area (Å²) in [4.78, 5) is 24.9. The molecule has 2 amide bonds. The molecule has 1 aromatic carbocycles. The Morgan fingerprint density at radius 2 is 1.80 bits per heavy atom. The number of nitrogens with one attached hydrogen (secondary N) is 2. The van der Waals surface area contributed by atoms with Gasteiger partial charge in [0.1, 0.15) is 5.82 Å². The number of rotatable bonds is 7. The van der Waals surface area contributed by atoms with E-state index in [2.05, 4.69) is 25.4 Å². The van der Waals surface area contributed by atoms with Crippen molar-refractivity contribution in [3.05, 3.63) is 35.2 Å². The first kappa shape index (κ1) is 22.3. The number of aryl methyl sites for hydroxylation is 3. The highest BCUT2D eigenvalue weighted by atomic mass is 32.2. The van der Waals surface area contributed by atoms with Crippen LogP contribution in [-0.2, 0) is 9.59 Å². The van der Waals surface area contributed by atoms with Crippen LogP contribution in [0.1, 0.15) is 62.0 Å². The zero-order valence-corrected chi connectivity index (χ0v) is 19.0. The van der Waals surface area contributed by atoms with Gasteiger partial charge in [-0.05, 0) is 51.7 Å². The molecule has 0 bridgehead atoms. The predicted molar refractivity (Wildman–Crippen MR) is 120 cm³/mol. The van der Waals surface area contributed by atoms with Crippen LogP contribution in [0.5, 0.6) is 0 Å². The van der Waals surface area contributed by atoms with Gasteiger partial charge in [0.05, 0.1) is 11.8 Å². The van der Waals surface area contributed by atoms with Gasteiger partial charge in [-0.15, -0.1) is 10.2 Å². The molecular weight excluding hydrogens is 398 g/mol. The lowest BCUT2D eigenvalue weighted by atomic mass is 9.95. The predicted octanol–water partition coefficient (Wildman–Crippen LogP) is 3.94. The minimum Gasteiger partial charge on any atom is -0.346 e. The Balaban J connectivity index is 1.55. The summed E-state index contributed by atoms with van der Waals surface area (Å²) < 4.78 is 2.18. The number of nitrogens with zero attached hydrogens (tertiary/aromatic N) is 3. The molecule has 1 aromatic heterocycles. The fourth-order valence-electron chi connectivity index (χ4n) is 3.91. The number of carbonyl (C=O) groups excluding carboxylic acids is 2. The highest BCUT2D eigenvalue weighted by molar-refractivity contribution is 8.00. The summed E-state index contributed by atoms with van der Waals surface area (Å²) in [5.74, 6) is 0.469. The first-order chi connectivity index (χ1) is 14.4.